The fourth-order valence-electron chi connectivity index (χ4n) is 10.0. The summed E-state index contributed by atoms with van der Waals surface area (Å²) in [5, 5.41) is 0. The third kappa shape index (κ3) is 17.5. The van der Waals surface area contributed by atoms with Crippen molar-refractivity contribution in [3.05, 3.63) is 287 Å². The van der Waals surface area contributed by atoms with E-state index >= 15 is 0 Å². The zero-order valence-corrected chi connectivity index (χ0v) is 46.0. The quantitative estimate of drug-likeness (QED) is 0.0488. The maximum Gasteiger partial charge on any atom is 0.148 e. The first-order chi connectivity index (χ1) is 40.7. The maximum atomic E-state index is 7.07. The lowest BCUT2D eigenvalue weighted by Gasteiger charge is -2.45. The molecule has 0 spiro atoms. The minimum absolute atomic E-state index is 0.191. The van der Waals surface area contributed by atoms with E-state index in [1.165, 1.54) is 0 Å². The van der Waals surface area contributed by atoms with E-state index in [4.69, 9.17) is 47.4 Å². The average Bonchev–Trinajstić information content (AvgIpc) is 3.69. The molecular weight excluding hydrogens is 1020 g/mol. The van der Waals surface area contributed by atoms with Crippen LogP contribution in [0.2, 0.25) is 0 Å². The second-order valence-electron chi connectivity index (χ2n) is 20.3. The summed E-state index contributed by atoms with van der Waals surface area (Å²) < 4.78 is 68.8. The molecule has 0 saturated carbocycles. The van der Waals surface area contributed by atoms with Gasteiger partial charge in [-0.15, -0.1) is 0 Å². The fraction of sp³-hybridized carbons (Fsp3) is 0.278. The van der Waals surface area contributed by atoms with Crippen LogP contribution in [0.15, 0.2) is 243 Å². The lowest BCUT2D eigenvalue weighted by molar-refractivity contribution is -0.261. The minimum atomic E-state index is -0.838. The first kappa shape index (κ1) is 57.7. The molecule has 2 fully saturated rings. The summed E-state index contributed by atoms with van der Waals surface area (Å²) in [5.41, 5.74) is 8.07. The minimum Gasteiger partial charge on any atom is -0.374 e. The van der Waals surface area contributed by atoms with Gasteiger partial charge in [0.15, 0.2) is 0 Å². The van der Waals surface area contributed by atoms with Crippen molar-refractivity contribution in [2.24, 2.45) is 0 Å². The van der Waals surface area contributed by atoms with E-state index < -0.39 is 61.0 Å². The SMILES string of the molecule is C(C#C[C@H]1O[C@H](COCc2ccccc2)[C@@H](OCc2ccccc2)[C@H](OCc2ccccc2)[C@@H]1OCc1ccccc1)#C[C@H]1O[C@H](COCc2ccccc2)[C@@H](OCc2ccccc2)[C@H](OCc2ccccc2)[C@@H]1OCc1ccccc1. The molecule has 0 amide bonds. The third-order valence-corrected chi connectivity index (χ3v) is 14.3. The second-order valence-corrected chi connectivity index (χ2v) is 20.3. The molecular formula is C72H70O10. The molecule has 8 aromatic rings. The Kier molecular flexibility index (Phi) is 22.3. The highest BCUT2D eigenvalue weighted by molar-refractivity contribution is 5.32. The van der Waals surface area contributed by atoms with E-state index in [1.807, 2.05) is 243 Å². The van der Waals surface area contributed by atoms with Gasteiger partial charge in [0.25, 0.3) is 0 Å². The van der Waals surface area contributed by atoms with E-state index in [-0.39, 0.29) is 26.4 Å². The molecule has 2 heterocycles. The van der Waals surface area contributed by atoms with Crippen LogP contribution < -0.4 is 0 Å². The van der Waals surface area contributed by atoms with Crippen LogP contribution in [-0.4, -0.2) is 74.3 Å². The van der Waals surface area contributed by atoms with E-state index in [0.29, 0.717) is 39.6 Å². The predicted octanol–water partition coefficient (Wildman–Crippen LogP) is 12.5. The highest BCUT2D eigenvalue weighted by Crippen LogP contribution is 2.33. The molecule has 418 valence electrons. The van der Waals surface area contributed by atoms with Crippen LogP contribution in [0.3, 0.4) is 0 Å². The van der Waals surface area contributed by atoms with E-state index in [2.05, 4.69) is 23.7 Å². The predicted molar refractivity (Wildman–Crippen MR) is 315 cm³/mol. The Labute approximate surface area is 483 Å². The van der Waals surface area contributed by atoms with Gasteiger partial charge < -0.3 is 47.4 Å². The number of hydrogen-bond acceptors (Lipinski definition) is 10. The largest absolute Gasteiger partial charge is 0.374 e. The molecule has 0 aliphatic carbocycles. The van der Waals surface area contributed by atoms with E-state index in [9.17, 15) is 0 Å². The van der Waals surface area contributed by atoms with Crippen molar-refractivity contribution < 1.29 is 47.4 Å². The van der Waals surface area contributed by atoms with Gasteiger partial charge in [-0.25, -0.2) is 0 Å². The Morgan fingerprint density at radius 2 is 0.451 bits per heavy atom. The summed E-state index contributed by atoms with van der Waals surface area (Å²) in [6, 6.07) is 80.7. The molecule has 0 unspecified atom stereocenters. The molecule has 8 aromatic carbocycles. The van der Waals surface area contributed by atoms with Gasteiger partial charge >= 0.3 is 0 Å². The lowest BCUT2D eigenvalue weighted by atomic mass is 9.93. The summed E-state index contributed by atoms with van der Waals surface area (Å²) >= 11 is 0. The Bertz CT molecular complexity index is 2960. The molecule has 2 aliphatic rings. The Morgan fingerprint density at radius 1 is 0.244 bits per heavy atom. The third-order valence-electron chi connectivity index (χ3n) is 14.3. The smallest absolute Gasteiger partial charge is 0.148 e. The van der Waals surface area contributed by atoms with Crippen molar-refractivity contribution in [1.29, 1.82) is 0 Å². The summed E-state index contributed by atoms with van der Waals surface area (Å²) in [4.78, 5) is 0. The first-order valence-electron chi connectivity index (χ1n) is 28.2. The molecule has 0 radical (unpaired) electrons. The van der Waals surface area contributed by atoms with Crippen molar-refractivity contribution in [2.75, 3.05) is 13.2 Å². The fourth-order valence-corrected chi connectivity index (χ4v) is 10.0. The van der Waals surface area contributed by atoms with Gasteiger partial charge in [0.2, 0.25) is 0 Å². The summed E-state index contributed by atoms with van der Waals surface area (Å²) in [6.45, 7) is 2.88. The van der Waals surface area contributed by atoms with Gasteiger partial charge in [-0.2, -0.15) is 0 Å². The molecule has 10 atom stereocenters. The molecule has 10 heteroatoms. The Morgan fingerprint density at radius 3 is 0.695 bits per heavy atom. The van der Waals surface area contributed by atoms with Crippen LogP contribution in [0.4, 0.5) is 0 Å². The van der Waals surface area contributed by atoms with Crippen molar-refractivity contribution in [3.63, 3.8) is 0 Å². The van der Waals surface area contributed by atoms with Crippen LogP contribution in [0, 0.1) is 23.7 Å². The van der Waals surface area contributed by atoms with Gasteiger partial charge in [-0.3, -0.25) is 0 Å². The van der Waals surface area contributed by atoms with Crippen LogP contribution in [0.1, 0.15) is 44.5 Å². The van der Waals surface area contributed by atoms with Gasteiger partial charge in [0, 0.05) is 0 Å². The van der Waals surface area contributed by atoms with Gasteiger partial charge in [0.05, 0.1) is 66.1 Å². The Hall–Kier alpha value is -7.52. The number of ether oxygens (including phenoxy) is 10. The van der Waals surface area contributed by atoms with Crippen LogP contribution in [0.25, 0.3) is 0 Å². The van der Waals surface area contributed by atoms with Gasteiger partial charge in [0.1, 0.15) is 61.0 Å². The molecule has 0 aromatic heterocycles. The lowest BCUT2D eigenvalue weighted by Crippen LogP contribution is -2.61. The summed E-state index contributed by atoms with van der Waals surface area (Å²) in [6.07, 6.45) is -6.98. The van der Waals surface area contributed by atoms with E-state index in [0.717, 1.165) is 44.5 Å². The molecule has 10 rings (SSSR count). The highest BCUT2D eigenvalue weighted by Gasteiger charge is 2.49. The normalized spacial score (nSPS) is 22.2. The van der Waals surface area contributed by atoms with Gasteiger partial charge in [-0.05, 0) is 56.3 Å². The average molecular weight is 1100 g/mol. The zero-order chi connectivity index (χ0) is 55.6. The van der Waals surface area contributed by atoms with Crippen LogP contribution >= 0.6 is 0 Å². The molecule has 0 N–H and O–H groups in total. The summed E-state index contributed by atoms with van der Waals surface area (Å²) in [5.74, 6) is 13.2. The number of hydrogen-bond donors (Lipinski definition) is 0. The van der Waals surface area contributed by atoms with Crippen molar-refractivity contribution >= 4 is 0 Å². The van der Waals surface area contributed by atoms with Crippen molar-refractivity contribution in [3.8, 4) is 23.7 Å². The van der Waals surface area contributed by atoms with Crippen molar-refractivity contribution in [1.82, 2.24) is 0 Å². The monoisotopic (exact) mass is 1090 g/mol. The highest BCUT2D eigenvalue weighted by atomic mass is 16.6. The summed E-state index contributed by atoms with van der Waals surface area (Å²) in [7, 11) is 0. The molecule has 2 aliphatic heterocycles. The second kappa shape index (κ2) is 31.6. The van der Waals surface area contributed by atoms with E-state index in [1.54, 1.807) is 0 Å². The zero-order valence-electron chi connectivity index (χ0n) is 46.0. The molecule has 10 nitrogen and oxygen atoms in total. The number of rotatable bonds is 26. The maximum absolute atomic E-state index is 7.07. The van der Waals surface area contributed by atoms with Gasteiger partial charge in [-0.1, -0.05) is 254 Å². The van der Waals surface area contributed by atoms with Crippen LogP contribution in [-0.2, 0) is 100 Å². The molecule has 0 bridgehead atoms. The molecule has 2 saturated heterocycles. The first-order valence-corrected chi connectivity index (χ1v) is 28.2. The topological polar surface area (TPSA) is 92.3 Å². The number of benzene rings is 8. The Balaban J connectivity index is 1.00. The van der Waals surface area contributed by atoms with Crippen molar-refractivity contribution in [2.45, 2.75) is 114 Å². The van der Waals surface area contributed by atoms with Crippen LogP contribution in [0.5, 0.6) is 0 Å². The standard InChI is InChI=1S/C72H70O10/c1-9-27-55(28-10-1)45-73-53-65-69(77-49-59-35-17-5-18-36-59)71(79-51-61-39-21-7-22-40-61)67(75-47-57-31-13-3-14-32-57)63(81-65)43-25-26-44-64-68(76-48-58-33-15-4-16-34-58)72(80-52-62-41-23-8-24-42-62)70(78-50-60-37-19-6-20-38-60)66(82-64)54-74-46-56-29-11-2-12-30-56/h1-24,27-42,63-72H,45-54H2/t63-,64-,65-,66-,67-,68-,69-,70-,71-,72-/m1/s1. The molecule has 82 heavy (non-hydrogen) atoms.